The molecule has 0 aliphatic heterocycles. The lowest BCUT2D eigenvalue weighted by Gasteiger charge is -2.13. The van der Waals surface area contributed by atoms with Crippen molar-refractivity contribution in [1.29, 1.82) is 0 Å². The number of nitrogens with zero attached hydrogens (tertiary/aromatic N) is 4. The van der Waals surface area contributed by atoms with E-state index in [0.717, 1.165) is 23.0 Å². The maximum absolute atomic E-state index is 12.5. The van der Waals surface area contributed by atoms with E-state index in [4.69, 9.17) is 0 Å². The number of rotatable bonds is 6. The number of thioether (sulfide) groups is 1. The molecule has 1 unspecified atom stereocenters. The Labute approximate surface area is 151 Å². The summed E-state index contributed by atoms with van der Waals surface area (Å²) in [7, 11) is 0. The largest absolute Gasteiger partial charge is 0.325 e. The Morgan fingerprint density at radius 3 is 2.68 bits per heavy atom. The van der Waals surface area contributed by atoms with E-state index in [9.17, 15) is 4.79 Å². The monoisotopic (exact) mass is 355 g/mol. The molecule has 130 valence electrons. The topological polar surface area (TPSA) is 72.7 Å². The average molecular weight is 355 g/mol. The average Bonchev–Trinajstić information content (AvgIpc) is 3.00. The van der Waals surface area contributed by atoms with Crippen LogP contribution in [0.2, 0.25) is 0 Å². The summed E-state index contributed by atoms with van der Waals surface area (Å²) in [6, 6.07) is 14.0. The van der Waals surface area contributed by atoms with Gasteiger partial charge in [0, 0.05) is 12.2 Å². The van der Waals surface area contributed by atoms with Gasteiger partial charge in [-0.1, -0.05) is 55.9 Å². The summed E-state index contributed by atoms with van der Waals surface area (Å²) in [4.78, 5) is 12.5. The van der Waals surface area contributed by atoms with Crippen molar-refractivity contribution in [3.05, 3.63) is 42.5 Å². The first kappa shape index (κ1) is 17.4. The molecule has 0 saturated carbocycles. The molecule has 0 aliphatic carbocycles. The fraction of sp³-hybridized carbons (Fsp3) is 0.333. The van der Waals surface area contributed by atoms with Crippen molar-refractivity contribution in [2.24, 2.45) is 5.92 Å². The summed E-state index contributed by atoms with van der Waals surface area (Å²) >= 11 is 1.36. The number of carbonyl (C=O) groups excluding carboxylic acids is 1. The van der Waals surface area contributed by atoms with E-state index in [2.05, 4.69) is 34.7 Å². The number of benzene rings is 2. The van der Waals surface area contributed by atoms with E-state index in [1.165, 1.54) is 11.8 Å². The number of aromatic nitrogens is 4. The number of hydrogen-bond acceptors (Lipinski definition) is 5. The number of anilines is 1. The second kappa shape index (κ2) is 7.65. The summed E-state index contributed by atoms with van der Waals surface area (Å²) in [5.41, 5.74) is 0.790. The fourth-order valence-corrected chi connectivity index (χ4v) is 3.26. The Balaban J connectivity index is 1.67. The van der Waals surface area contributed by atoms with Gasteiger partial charge in [-0.15, -0.1) is 5.10 Å². The first-order valence-corrected chi connectivity index (χ1v) is 9.13. The number of amides is 1. The highest BCUT2D eigenvalue weighted by molar-refractivity contribution is 8.00. The number of hydrogen-bond donors (Lipinski definition) is 1. The normalized spacial score (nSPS) is 12.5. The van der Waals surface area contributed by atoms with Crippen molar-refractivity contribution in [2.75, 3.05) is 5.32 Å². The van der Waals surface area contributed by atoms with E-state index in [0.29, 0.717) is 11.1 Å². The van der Waals surface area contributed by atoms with Crippen LogP contribution in [0.25, 0.3) is 10.8 Å². The van der Waals surface area contributed by atoms with Crippen molar-refractivity contribution in [1.82, 2.24) is 20.2 Å². The Hall–Kier alpha value is -2.41. The van der Waals surface area contributed by atoms with Gasteiger partial charge in [0.2, 0.25) is 11.1 Å². The summed E-state index contributed by atoms with van der Waals surface area (Å²) in [6.07, 6.45) is 0. The number of nitrogens with one attached hydrogen (secondary N) is 1. The van der Waals surface area contributed by atoms with Crippen molar-refractivity contribution < 1.29 is 4.79 Å². The molecule has 1 heterocycles. The van der Waals surface area contributed by atoms with Gasteiger partial charge in [0.05, 0.1) is 5.25 Å². The molecule has 0 fully saturated rings. The SMILES string of the molecule is CC(C)Cn1nnnc1SC(C)C(=O)Nc1ccc2ccccc2c1. The molecule has 1 amide bonds. The van der Waals surface area contributed by atoms with Gasteiger partial charge >= 0.3 is 0 Å². The molecule has 25 heavy (non-hydrogen) atoms. The summed E-state index contributed by atoms with van der Waals surface area (Å²) in [5, 5.41) is 17.3. The van der Waals surface area contributed by atoms with Gasteiger partial charge in [-0.05, 0) is 46.2 Å². The van der Waals surface area contributed by atoms with Crippen LogP contribution in [0.4, 0.5) is 5.69 Å². The van der Waals surface area contributed by atoms with Crippen LogP contribution in [0.5, 0.6) is 0 Å². The van der Waals surface area contributed by atoms with E-state index in [1.807, 2.05) is 49.4 Å². The Morgan fingerprint density at radius 1 is 1.16 bits per heavy atom. The Bertz CT molecular complexity index is 877. The third-order valence-electron chi connectivity index (χ3n) is 3.71. The molecule has 0 bridgehead atoms. The minimum Gasteiger partial charge on any atom is -0.325 e. The van der Waals surface area contributed by atoms with Gasteiger partial charge < -0.3 is 5.32 Å². The van der Waals surface area contributed by atoms with E-state index in [-0.39, 0.29) is 11.2 Å². The molecular weight excluding hydrogens is 334 g/mol. The van der Waals surface area contributed by atoms with Gasteiger partial charge in [-0.2, -0.15) is 0 Å². The van der Waals surface area contributed by atoms with Crippen LogP contribution in [-0.2, 0) is 11.3 Å². The molecule has 0 saturated heterocycles. The highest BCUT2D eigenvalue weighted by Crippen LogP contribution is 2.23. The van der Waals surface area contributed by atoms with Crippen molar-refractivity contribution >= 4 is 34.1 Å². The zero-order valence-electron chi connectivity index (χ0n) is 14.5. The van der Waals surface area contributed by atoms with Gasteiger partial charge in [0.15, 0.2) is 0 Å². The summed E-state index contributed by atoms with van der Waals surface area (Å²) in [5.74, 6) is 0.365. The first-order chi connectivity index (χ1) is 12.0. The molecule has 3 rings (SSSR count). The highest BCUT2D eigenvalue weighted by Gasteiger charge is 2.19. The lowest BCUT2D eigenvalue weighted by molar-refractivity contribution is -0.115. The minimum atomic E-state index is -0.302. The number of tetrazole rings is 1. The Morgan fingerprint density at radius 2 is 1.92 bits per heavy atom. The maximum atomic E-state index is 12.5. The van der Waals surface area contributed by atoms with Gasteiger partial charge in [0.25, 0.3) is 0 Å². The van der Waals surface area contributed by atoms with Crippen LogP contribution in [0, 0.1) is 5.92 Å². The van der Waals surface area contributed by atoms with Gasteiger partial charge in [-0.25, -0.2) is 4.68 Å². The van der Waals surface area contributed by atoms with E-state index < -0.39 is 0 Å². The number of fused-ring (bicyclic) bond motifs is 1. The minimum absolute atomic E-state index is 0.0700. The van der Waals surface area contributed by atoms with E-state index >= 15 is 0 Å². The molecule has 7 heteroatoms. The maximum Gasteiger partial charge on any atom is 0.237 e. The fourth-order valence-electron chi connectivity index (χ4n) is 2.46. The van der Waals surface area contributed by atoms with Gasteiger partial charge in [-0.3, -0.25) is 4.79 Å². The molecular formula is C18H21N5OS. The zero-order chi connectivity index (χ0) is 17.8. The van der Waals surface area contributed by atoms with Gasteiger partial charge in [0.1, 0.15) is 0 Å². The van der Waals surface area contributed by atoms with Crippen LogP contribution in [-0.4, -0.2) is 31.4 Å². The van der Waals surface area contributed by atoms with Crippen LogP contribution in [0.15, 0.2) is 47.6 Å². The smallest absolute Gasteiger partial charge is 0.237 e. The lowest BCUT2D eigenvalue weighted by Crippen LogP contribution is -2.23. The third kappa shape index (κ3) is 4.36. The molecule has 6 nitrogen and oxygen atoms in total. The second-order valence-electron chi connectivity index (χ2n) is 6.35. The molecule has 0 aliphatic rings. The Kier molecular flexibility index (Phi) is 5.33. The molecule has 0 radical (unpaired) electrons. The molecule has 2 aromatic carbocycles. The van der Waals surface area contributed by atoms with Crippen LogP contribution in [0.1, 0.15) is 20.8 Å². The second-order valence-corrected chi connectivity index (χ2v) is 7.66. The standard InChI is InChI=1S/C18H21N5OS/c1-12(2)11-23-18(20-21-22-23)25-13(3)17(24)19-16-9-8-14-6-4-5-7-15(14)10-16/h4-10,12-13H,11H2,1-3H3,(H,19,24). The summed E-state index contributed by atoms with van der Waals surface area (Å²) in [6.45, 7) is 6.79. The highest BCUT2D eigenvalue weighted by atomic mass is 32.2. The van der Waals surface area contributed by atoms with Crippen molar-refractivity contribution in [2.45, 2.75) is 37.7 Å². The quantitative estimate of drug-likeness (QED) is 0.684. The molecule has 0 spiro atoms. The molecule has 3 aromatic rings. The van der Waals surface area contributed by atoms with Crippen molar-refractivity contribution in [3.63, 3.8) is 0 Å². The number of carbonyl (C=O) groups is 1. The summed E-state index contributed by atoms with van der Waals surface area (Å²) < 4.78 is 1.75. The lowest BCUT2D eigenvalue weighted by atomic mass is 10.1. The predicted octanol–water partition coefficient (Wildman–Crippen LogP) is 3.60. The molecule has 1 aromatic heterocycles. The molecule has 1 N–H and O–H groups in total. The molecule has 1 atom stereocenters. The first-order valence-electron chi connectivity index (χ1n) is 8.25. The predicted molar refractivity (Wildman–Crippen MR) is 101 cm³/mol. The van der Waals surface area contributed by atoms with Crippen LogP contribution >= 0.6 is 11.8 Å². The third-order valence-corrected chi connectivity index (χ3v) is 4.78. The van der Waals surface area contributed by atoms with Crippen LogP contribution in [0.3, 0.4) is 0 Å². The zero-order valence-corrected chi connectivity index (χ0v) is 15.3. The van der Waals surface area contributed by atoms with E-state index in [1.54, 1.807) is 4.68 Å². The van der Waals surface area contributed by atoms with Crippen LogP contribution < -0.4 is 5.32 Å². The van der Waals surface area contributed by atoms with Crippen molar-refractivity contribution in [3.8, 4) is 0 Å².